The van der Waals surface area contributed by atoms with Gasteiger partial charge in [0, 0.05) is 10.1 Å². The minimum atomic E-state index is 0.429. The average Bonchev–Trinajstić information content (AvgIpc) is 2.77. The fourth-order valence-electron chi connectivity index (χ4n) is 2.20. The first-order chi connectivity index (χ1) is 9.28. The van der Waals surface area contributed by atoms with Crippen molar-refractivity contribution >= 4 is 45.2 Å². The van der Waals surface area contributed by atoms with Crippen LogP contribution in [0.5, 0.6) is 0 Å². The number of fused-ring (bicyclic) bond motifs is 1. The molecule has 0 unspecified atom stereocenters. The van der Waals surface area contributed by atoms with Crippen LogP contribution in [0.3, 0.4) is 0 Å². The Morgan fingerprint density at radius 3 is 2.63 bits per heavy atom. The van der Waals surface area contributed by atoms with Crippen LogP contribution in [0.1, 0.15) is 11.4 Å². The number of imidazole rings is 1. The standard InChI is InChI=1S/C15H12ClIN2/c16-9-15-18-13-8-12(17)6-7-14(13)19(15)10-11-4-2-1-3-5-11/h1-8H,9-10H2. The van der Waals surface area contributed by atoms with Crippen LogP contribution in [0.4, 0.5) is 0 Å². The van der Waals surface area contributed by atoms with Gasteiger partial charge >= 0.3 is 0 Å². The van der Waals surface area contributed by atoms with E-state index in [2.05, 4.69) is 74.6 Å². The minimum absolute atomic E-state index is 0.429. The van der Waals surface area contributed by atoms with Gasteiger partial charge < -0.3 is 4.57 Å². The van der Waals surface area contributed by atoms with Gasteiger partial charge in [0.2, 0.25) is 0 Å². The molecule has 0 aliphatic carbocycles. The number of aromatic nitrogens is 2. The van der Waals surface area contributed by atoms with Gasteiger partial charge in [-0.2, -0.15) is 0 Å². The van der Waals surface area contributed by atoms with Crippen LogP contribution in [0.25, 0.3) is 11.0 Å². The molecule has 1 aromatic heterocycles. The lowest BCUT2D eigenvalue weighted by Crippen LogP contribution is -2.03. The lowest BCUT2D eigenvalue weighted by atomic mass is 10.2. The lowest BCUT2D eigenvalue weighted by Gasteiger charge is -2.07. The molecule has 19 heavy (non-hydrogen) atoms. The third-order valence-corrected chi connectivity index (χ3v) is 4.00. The van der Waals surface area contributed by atoms with Gasteiger partial charge in [0.05, 0.1) is 16.9 Å². The summed E-state index contributed by atoms with van der Waals surface area (Å²) in [5.74, 6) is 1.35. The van der Waals surface area contributed by atoms with Crippen molar-refractivity contribution in [1.82, 2.24) is 9.55 Å². The Balaban J connectivity index is 2.11. The number of hydrogen-bond acceptors (Lipinski definition) is 1. The molecule has 2 nitrogen and oxygen atoms in total. The molecule has 0 N–H and O–H groups in total. The number of benzene rings is 2. The molecule has 0 bridgehead atoms. The molecule has 3 rings (SSSR count). The van der Waals surface area contributed by atoms with Crippen molar-refractivity contribution in [2.45, 2.75) is 12.4 Å². The van der Waals surface area contributed by atoms with E-state index < -0.39 is 0 Å². The quantitative estimate of drug-likeness (QED) is 0.484. The van der Waals surface area contributed by atoms with Crippen LogP contribution >= 0.6 is 34.2 Å². The summed E-state index contributed by atoms with van der Waals surface area (Å²) in [4.78, 5) is 4.61. The van der Waals surface area contributed by atoms with Gasteiger partial charge in [0.15, 0.2) is 0 Å². The lowest BCUT2D eigenvalue weighted by molar-refractivity contribution is 0.779. The van der Waals surface area contributed by atoms with Crippen molar-refractivity contribution in [3.05, 3.63) is 63.5 Å². The first-order valence-corrected chi connectivity index (χ1v) is 7.64. The van der Waals surface area contributed by atoms with Crippen LogP contribution in [-0.4, -0.2) is 9.55 Å². The Bertz CT molecular complexity index is 707. The highest BCUT2D eigenvalue weighted by Crippen LogP contribution is 2.21. The van der Waals surface area contributed by atoms with E-state index in [0.29, 0.717) is 5.88 Å². The molecule has 0 saturated heterocycles. The van der Waals surface area contributed by atoms with Crippen molar-refractivity contribution in [2.75, 3.05) is 0 Å². The maximum absolute atomic E-state index is 6.02. The molecule has 0 radical (unpaired) electrons. The SMILES string of the molecule is ClCc1nc2cc(I)ccc2n1Cc1ccccc1. The average molecular weight is 383 g/mol. The van der Waals surface area contributed by atoms with Gasteiger partial charge in [0.25, 0.3) is 0 Å². The number of halogens is 2. The van der Waals surface area contributed by atoms with Gasteiger partial charge in [-0.05, 0) is 46.4 Å². The van der Waals surface area contributed by atoms with Gasteiger partial charge in [-0.15, -0.1) is 11.6 Å². The normalized spacial score (nSPS) is 11.1. The van der Waals surface area contributed by atoms with E-state index in [9.17, 15) is 0 Å². The molecule has 0 aliphatic rings. The van der Waals surface area contributed by atoms with E-state index in [4.69, 9.17) is 11.6 Å². The van der Waals surface area contributed by atoms with Crippen molar-refractivity contribution in [1.29, 1.82) is 0 Å². The van der Waals surface area contributed by atoms with Crippen LogP contribution in [0.15, 0.2) is 48.5 Å². The number of hydrogen-bond donors (Lipinski definition) is 0. The molecule has 3 aromatic rings. The summed E-state index contributed by atoms with van der Waals surface area (Å²) in [7, 11) is 0. The molecule has 0 aliphatic heterocycles. The monoisotopic (exact) mass is 382 g/mol. The molecule has 96 valence electrons. The predicted molar refractivity (Wildman–Crippen MR) is 87.6 cm³/mol. The number of rotatable bonds is 3. The molecule has 1 heterocycles. The first-order valence-electron chi connectivity index (χ1n) is 6.02. The predicted octanol–water partition coefficient (Wildman–Crippen LogP) is 4.43. The second-order valence-electron chi connectivity index (χ2n) is 4.37. The third kappa shape index (κ3) is 2.62. The highest BCUT2D eigenvalue weighted by molar-refractivity contribution is 14.1. The van der Waals surface area contributed by atoms with E-state index in [1.165, 1.54) is 9.13 Å². The van der Waals surface area contributed by atoms with Crippen molar-refractivity contribution in [3.63, 3.8) is 0 Å². The van der Waals surface area contributed by atoms with Crippen LogP contribution in [-0.2, 0) is 12.4 Å². The molecule has 0 fully saturated rings. The van der Waals surface area contributed by atoms with E-state index >= 15 is 0 Å². The molecule has 2 aromatic carbocycles. The zero-order valence-corrected chi connectivity index (χ0v) is 13.1. The minimum Gasteiger partial charge on any atom is -0.322 e. The summed E-state index contributed by atoms with van der Waals surface area (Å²) >= 11 is 8.33. The Kier molecular flexibility index (Phi) is 3.75. The Labute approximate surface area is 130 Å². The Morgan fingerprint density at radius 2 is 1.89 bits per heavy atom. The van der Waals surface area contributed by atoms with Crippen molar-refractivity contribution < 1.29 is 0 Å². The van der Waals surface area contributed by atoms with Gasteiger partial charge in [0.1, 0.15) is 5.82 Å². The van der Waals surface area contributed by atoms with Crippen LogP contribution in [0.2, 0.25) is 0 Å². The molecule has 0 atom stereocenters. The van der Waals surface area contributed by atoms with Crippen LogP contribution in [0, 0.1) is 3.57 Å². The largest absolute Gasteiger partial charge is 0.322 e. The van der Waals surface area contributed by atoms with E-state index in [-0.39, 0.29) is 0 Å². The fourth-order valence-corrected chi connectivity index (χ4v) is 2.88. The Morgan fingerprint density at radius 1 is 1.11 bits per heavy atom. The maximum atomic E-state index is 6.02. The summed E-state index contributed by atoms with van der Waals surface area (Å²) in [6.45, 7) is 0.806. The zero-order chi connectivity index (χ0) is 13.2. The summed E-state index contributed by atoms with van der Waals surface area (Å²) in [6.07, 6.45) is 0. The molecule has 0 saturated carbocycles. The van der Waals surface area contributed by atoms with E-state index in [1.54, 1.807) is 0 Å². The highest BCUT2D eigenvalue weighted by Gasteiger charge is 2.10. The second-order valence-corrected chi connectivity index (χ2v) is 5.88. The molecule has 0 spiro atoms. The number of nitrogens with zero attached hydrogens (tertiary/aromatic N) is 2. The topological polar surface area (TPSA) is 17.8 Å². The number of alkyl halides is 1. The fraction of sp³-hybridized carbons (Fsp3) is 0.133. The summed E-state index contributed by atoms with van der Waals surface area (Å²) < 4.78 is 3.38. The van der Waals surface area contributed by atoms with Crippen molar-refractivity contribution in [2.24, 2.45) is 0 Å². The van der Waals surface area contributed by atoms with E-state index in [1.807, 2.05) is 6.07 Å². The molecular weight excluding hydrogens is 371 g/mol. The smallest absolute Gasteiger partial charge is 0.125 e. The molecular formula is C15H12ClIN2. The first kappa shape index (κ1) is 12.9. The summed E-state index contributed by atoms with van der Waals surface area (Å²) in [5.41, 5.74) is 3.41. The van der Waals surface area contributed by atoms with Gasteiger partial charge in [-0.1, -0.05) is 30.3 Å². The zero-order valence-electron chi connectivity index (χ0n) is 10.2. The van der Waals surface area contributed by atoms with Crippen molar-refractivity contribution in [3.8, 4) is 0 Å². The van der Waals surface area contributed by atoms with Crippen LogP contribution < -0.4 is 0 Å². The van der Waals surface area contributed by atoms with Gasteiger partial charge in [-0.25, -0.2) is 4.98 Å². The van der Waals surface area contributed by atoms with Gasteiger partial charge in [-0.3, -0.25) is 0 Å². The summed E-state index contributed by atoms with van der Waals surface area (Å²) in [6, 6.07) is 16.7. The molecule has 0 amide bonds. The molecule has 4 heteroatoms. The maximum Gasteiger partial charge on any atom is 0.125 e. The second kappa shape index (κ2) is 5.51. The third-order valence-electron chi connectivity index (χ3n) is 3.09. The highest BCUT2D eigenvalue weighted by atomic mass is 127. The van der Waals surface area contributed by atoms with E-state index in [0.717, 1.165) is 23.4 Å². The Hall–Kier alpha value is -1.07. The summed E-state index contributed by atoms with van der Waals surface area (Å²) in [5, 5.41) is 0.